The number of hydrogen-bond acceptors (Lipinski definition) is 6. The van der Waals surface area contributed by atoms with Crippen molar-refractivity contribution < 1.29 is 13.4 Å². The molecule has 0 spiro atoms. The number of anilines is 3. The molecule has 0 saturated carbocycles. The molecule has 0 heterocycles. The maximum Gasteiger partial charge on any atom is 0.152 e. The van der Waals surface area contributed by atoms with Gasteiger partial charge in [0.15, 0.2) is 6.29 Å². The van der Waals surface area contributed by atoms with Gasteiger partial charge in [0.1, 0.15) is 18.0 Å². The fraction of sp³-hybridized carbons (Fsp3) is 0.174. The van der Waals surface area contributed by atoms with Crippen LogP contribution in [0.4, 0.5) is 21.5 Å². The van der Waals surface area contributed by atoms with Gasteiger partial charge in [0.05, 0.1) is 18.5 Å². The van der Waals surface area contributed by atoms with Crippen LogP contribution >= 0.6 is 12.2 Å². The Balaban J connectivity index is 0.000000248. The van der Waals surface area contributed by atoms with Crippen LogP contribution in [0.2, 0.25) is 0 Å². The Morgan fingerprint density at radius 3 is 2.30 bits per heavy atom. The highest BCUT2D eigenvalue weighted by molar-refractivity contribution is 7.96. The van der Waals surface area contributed by atoms with Crippen molar-refractivity contribution in [3.8, 4) is 11.1 Å². The SMILES string of the molecule is CN(C)c1ccccc1C=O.CNc1cc(-c2ccccc2F)ccc1NSOC. The van der Waals surface area contributed by atoms with E-state index in [-0.39, 0.29) is 5.82 Å². The first kappa shape index (κ1) is 23.3. The number of benzene rings is 3. The molecule has 2 N–H and O–H groups in total. The van der Waals surface area contributed by atoms with Crippen LogP contribution in [0.3, 0.4) is 0 Å². The quantitative estimate of drug-likeness (QED) is 0.286. The van der Waals surface area contributed by atoms with Crippen LogP contribution in [-0.4, -0.2) is 34.5 Å². The number of hydrogen-bond donors (Lipinski definition) is 2. The second-order valence-corrected chi connectivity index (χ2v) is 7.12. The van der Waals surface area contributed by atoms with Crippen LogP contribution in [0.1, 0.15) is 10.4 Å². The van der Waals surface area contributed by atoms with Crippen molar-refractivity contribution in [3.63, 3.8) is 0 Å². The van der Waals surface area contributed by atoms with Crippen molar-refractivity contribution in [2.24, 2.45) is 0 Å². The highest BCUT2D eigenvalue weighted by Gasteiger charge is 2.07. The third-order valence-electron chi connectivity index (χ3n) is 4.25. The number of rotatable bonds is 7. The Labute approximate surface area is 181 Å². The van der Waals surface area contributed by atoms with Gasteiger partial charge in [-0.3, -0.25) is 4.79 Å². The Morgan fingerprint density at radius 1 is 1.00 bits per heavy atom. The van der Waals surface area contributed by atoms with Gasteiger partial charge in [0.2, 0.25) is 0 Å². The van der Waals surface area contributed by atoms with Crippen molar-refractivity contribution in [1.82, 2.24) is 0 Å². The number of carbonyl (C=O) groups excluding carboxylic acids is 1. The van der Waals surface area contributed by atoms with E-state index in [4.69, 9.17) is 4.18 Å². The standard InChI is InChI=1S/C14H15FN2OS.C9H11NO/c1-16-14-9-10(7-8-13(14)17-19-18-2)11-5-3-4-6-12(11)15;1-10(2)9-6-4-3-5-8(9)7-11/h3-9,16-17H,1-2H3;3-7H,1-2H3. The van der Waals surface area contributed by atoms with E-state index in [0.717, 1.165) is 46.7 Å². The minimum absolute atomic E-state index is 0.225. The van der Waals surface area contributed by atoms with Crippen molar-refractivity contribution in [3.05, 3.63) is 78.1 Å². The summed E-state index contributed by atoms with van der Waals surface area (Å²) in [6.45, 7) is 0. The smallest absolute Gasteiger partial charge is 0.152 e. The van der Waals surface area contributed by atoms with Crippen LogP contribution in [0.5, 0.6) is 0 Å². The highest BCUT2D eigenvalue weighted by atomic mass is 32.2. The predicted molar refractivity (Wildman–Crippen MR) is 126 cm³/mol. The third-order valence-corrected chi connectivity index (χ3v) is 4.72. The van der Waals surface area contributed by atoms with Crippen molar-refractivity contribution in [2.45, 2.75) is 0 Å². The van der Waals surface area contributed by atoms with Gasteiger partial charge < -0.3 is 19.1 Å². The Morgan fingerprint density at radius 2 is 1.70 bits per heavy atom. The number of aldehydes is 1. The van der Waals surface area contributed by atoms with E-state index in [0.29, 0.717) is 5.56 Å². The number of halogens is 1. The molecule has 0 saturated heterocycles. The summed E-state index contributed by atoms with van der Waals surface area (Å²) in [5.74, 6) is -0.225. The lowest BCUT2D eigenvalue weighted by atomic mass is 10.0. The summed E-state index contributed by atoms with van der Waals surface area (Å²) in [5.41, 5.74) is 4.88. The molecular weight excluding hydrogens is 401 g/mol. The lowest BCUT2D eigenvalue weighted by Gasteiger charge is -2.13. The molecule has 0 aliphatic carbocycles. The molecule has 158 valence electrons. The molecule has 0 unspecified atom stereocenters. The second kappa shape index (κ2) is 11.8. The van der Waals surface area contributed by atoms with Crippen LogP contribution in [0, 0.1) is 5.82 Å². The highest BCUT2D eigenvalue weighted by Crippen LogP contribution is 2.31. The van der Waals surface area contributed by atoms with Crippen LogP contribution < -0.4 is 14.9 Å². The molecule has 0 aromatic heterocycles. The number of nitrogens with zero attached hydrogens (tertiary/aromatic N) is 1. The van der Waals surface area contributed by atoms with E-state index < -0.39 is 0 Å². The van der Waals surface area contributed by atoms with E-state index >= 15 is 0 Å². The molecule has 30 heavy (non-hydrogen) atoms. The largest absolute Gasteiger partial charge is 0.386 e. The lowest BCUT2D eigenvalue weighted by Crippen LogP contribution is -2.10. The van der Waals surface area contributed by atoms with Crippen LogP contribution in [0.15, 0.2) is 66.7 Å². The molecule has 7 heteroatoms. The minimum Gasteiger partial charge on any atom is -0.386 e. The maximum atomic E-state index is 13.8. The average Bonchev–Trinajstić information content (AvgIpc) is 2.78. The number of carbonyl (C=O) groups is 1. The first-order valence-electron chi connectivity index (χ1n) is 9.25. The molecule has 0 fully saturated rings. The third kappa shape index (κ3) is 6.23. The van der Waals surface area contributed by atoms with E-state index in [2.05, 4.69) is 10.0 Å². The molecule has 3 aromatic rings. The van der Waals surface area contributed by atoms with E-state index in [1.54, 1.807) is 19.2 Å². The summed E-state index contributed by atoms with van der Waals surface area (Å²) in [4.78, 5) is 12.4. The molecule has 3 rings (SSSR count). The number of nitrogens with one attached hydrogen (secondary N) is 2. The molecule has 0 bridgehead atoms. The zero-order chi connectivity index (χ0) is 21.9. The normalized spacial score (nSPS) is 9.90. The van der Waals surface area contributed by atoms with Gasteiger partial charge in [-0.1, -0.05) is 36.4 Å². The summed E-state index contributed by atoms with van der Waals surface area (Å²) >= 11 is 1.13. The molecular formula is C23H26FN3O2S. The summed E-state index contributed by atoms with van der Waals surface area (Å²) in [6.07, 6.45) is 0.870. The first-order chi connectivity index (χ1) is 14.5. The van der Waals surface area contributed by atoms with Gasteiger partial charge in [0.25, 0.3) is 0 Å². The summed E-state index contributed by atoms with van der Waals surface area (Å²) in [6, 6.07) is 19.9. The second-order valence-electron chi connectivity index (χ2n) is 6.41. The van der Waals surface area contributed by atoms with Crippen LogP contribution in [0.25, 0.3) is 11.1 Å². The van der Waals surface area contributed by atoms with Crippen LogP contribution in [-0.2, 0) is 4.18 Å². The Kier molecular flexibility index (Phi) is 9.18. The Hall–Kier alpha value is -3.03. The molecule has 0 atom stereocenters. The lowest BCUT2D eigenvalue weighted by molar-refractivity contribution is 0.112. The molecule has 0 amide bonds. The van der Waals surface area contributed by atoms with Crippen molar-refractivity contribution >= 4 is 35.6 Å². The Bertz CT molecular complexity index is 967. The first-order valence-corrected chi connectivity index (χ1v) is 9.99. The topological polar surface area (TPSA) is 53.6 Å². The monoisotopic (exact) mass is 427 g/mol. The van der Waals surface area contributed by atoms with E-state index in [9.17, 15) is 9.18 Å². The van der Waals surface area contributed by atoms with Gasteiger partial charge in [0, 0.05) is 38.0 Å². The van der Waals surface area contributed by atoms with E-state index in [1.807, 2.05) is 74.6 Å². The predicted octanol–water partition coefficient (Wildman–Crippen LogP) is 5.72. The fourth-order valence-corrected chi connectivity index (χ4v) is 3.14. The van der Waals surface area contributed by atoms with Gasteiger partial charge in [-0.2, -0.15) is 0 Å². The molecule has 3 aromatic carbocycles. The van der Waals surface area contributed by atoms with Crippen molar-refractivity contribution in [2.75, 3.05) is 43.2 Å². The van der Waals surface area contributed by atoms with Gasteiger partial charge in [-0.15, -0.1) is 0 Å². The summed E-state index contributed by atoms with van der Waals surface area (Å²) in [7, 11) is 7.25. The molecule has 0 radical (unpaired) electrons. The van der Waals surface area contributed by atoms with E-state index in [1.165, 1.54) is 6.07 Å². The number of para-hydroxylation sites is 1. The molecule has 0 aliphatic rings. The molecule has 0 aliphatic heterocycles. The van der Waals surface area contributed by atoms with Crippen molar-refractivity contribution in [1.29, 1.82) is 0 Å². The summed E-state index contributed by atoms with van der Waals surface area (Å²) < 4.78 is 21.7. The molecule has 5 nitrogen and oxygen atoms in total. The van der Waals surface area contributed by atoms with Gasteiger partial charge >= 0.3 is 0 Å². The average molecular weight is 428 g/mol. The summed E-state index contributed by atoms with van der Waals surface area (Å²) in [5, 5.41) is 3.08. The zero-order valence-electron chi connectivity index (χ0n) is 17.5. The maximum absolute atomic E-state index is 13.8. The minimum atomic E-state index is -0.225. The van der Waals surface area contributed by atoms with Gasteiger partial charge in [-0.25, -0.2) is 4.39 Å². The zero-order valence-corrected chi connectivity index (χ0v) is 18.3. The fourth-order valence-electron chi connectivity index (χ4n) is 2.78. The van der Waals surface area contributed by atoms with Gasteiger partial charge in [-0.05, 0) is 35.9 Å².